The summed E-state index contributed by atoms with van der Waals surface area (Å²) in [4.78, 5) is 4.71. The Labute approximate surface area is 124 Å². The van der Waals surface area contributed by atoms with E-state index in [0.717, 1.165) is 31.5 Å². The molecule has 2 aliphatic carbocycles. The van der Waals surface area contributed by atoms with Crippen molar-refractivity contribution < 1.29 is 9.63 Å². The predicted molar refractivity (Wildman–Crippen MR) is 78.0 cm³/mol. The van der Waals surface area contributed by atoms with Gasteiger partial charge in [0, 0.05) is 5.92 Å². The van der Waals surface area contributed by atoms with Gasteiger partial charge in [-0.25, -0.2) is 0 Å². The fourth-order valence-corrected chi connectivity index (χ4v) is 3.76. The highest BCUT2D eigenvalue weighted by Crippen LogP contribution is 2.46. The van der Waals surface area contributed by atoms with Crippen LogP contribution in [0.25, 0.3) is 0 Å². The second kappa shape index (κ2) is 4.95. The molecule has 1 aromatic carbocycles. The first-order valence-corrected chi connectivity index (χ1v) is 7.86. The van der Waals surface area contributed by atoms with Crippen molar-refractivity contribution in [1.82, 2.24) is 10.1 Å². The van der Waals surface area contributed by atoms with Gasteiger partial charge in [0.25, 0.3) is 0 Å². The molecule has 4 rings (SSSR count). The van der Waals surface area contributed by atoms with Gasteiger partial charge in [-0.2, -0.15) is 4.98 Å². The van der Waals surface area contributed by atoms with E-state index >= 15 is 0 Å². The Hall–Kier alpha value is -1.68. The van der Waals surface area contributed by atoms with Gasteiger partial charge in [0.2, 0.25) is 5.89 Å². The third kappa shape index (κ3) is 2.09. The molecule has 0 aliphatic heterocycles. The third-order valence-electron chi connectivity index (χ3n) is 5.12. The van der Waals surface area contributed by atoms with E-state index in [1.54, 1.807) is 0 Å². The van der Waals surface area contributed by atoms with Crippen LogP contribution in [0.5, 0.6) is 0 Å². The highest BCUT2D eigenvalue weighted by atomic mass is 16.5. The van der Waals surface area contributed by atoms with Crippen LogP contribution in [0.1, 0.15) is 61.7 Å². The largest absolute Gasteiger partial charge is 0.393 e. The zero-order valence-electron chi connectivity index (χ0n) is 12.0. The first-order chi connectivity index (χ1) is 10.3. The Morgan fingerprint density at radius 1 is 1.10 bits per heavy atom. The van der Waals surface area contributed by atoms with E-state index in [1.165, 1.54) is 18.4 Å². The van der Waals surface area contributed by atoms with Crippen molar-refractivity contribution in [2.75, 3.05) is 0 Å². The summed E-state index contributed by atoms with van der Waals surface area (Å²) in [6, 6.07) is 10.6. The molecule has 0 spiro atoms. The highest BCUT2D eigenvalue weighted by Gasteiger charge is 2.42. The fraction of sp³-hybridized carbons (Fsp3) is 0.529. The van der Waals surface area contributed by atoms with Crippen LogP contribution in [0.4, 0.5) is 0 Å². The minimum atomic E-state index is -0.195. The van der Waals surface area contributed by atoms with Crippen LogP contribution in [-0.2, 0) is 5.41 Å². The van der Waals surface area contributed by atoms with Crippen LogP contribution in [-0.4, -0.2) is 21.4 Å². The average molecular weight is 284 g/mol. The van der Waals surface area contributed by atoms with Crippen LogP contribution >= 0.6 is 0 Å². The molecule has 1 N–H and O–H groups in total. The second-order valence-electron chi connectivity index (χ2n) is 6.43. The van der Waals surface area contributed by atoms with E-state index in [0.29, 0.717) is 5.89 Å². The topological polar surface area (TPSA) is 59.2 Å². The normalized spacial score (nSPS) is 27.5. The Kier molecular flexibility index (Phi) is 3.07. The summed E-state index contributed by atoms with van der Waals surface area (Å²) in [5.74, 6) is 1.79. The molecule has 1 heterocycles. The monoisotopic (exact) mass is 284 g/mol. The molecule has 2 aromatic rings. The number of hydrogen-bond donors (Lipinski definition) is 1. The summed E-state index contributed by atoms with van der Waals surface area (Å²) >= 11 is 0. The van der Waals surface area contributed by atoms with Crippen molar-refractivity contribution in [3.05, 3.63) is 47.6 Å². The molecule has 110 valence electrons. The SMILES string of the molecule is OC1CC(c2nc(C3(c4ccccc4)CCCC3)no2)C1. The number of hydrogen-bond acceptors (Lipinski definition) is 4. The molecule has 0 bridgehead atoms. The van der Waals surface area contributed by atoms with Crippen molar-refractivity contribution in [2.24, 2.45) is 0 Å². The highest BCUT2D eigenvalue weighted by molar-refractivity contribution is 5.34. The molecule has 21 heavy (non-hydrogen) atoms. The molecule has 0 atom stereocenters. The van der Waals surface area contributed by atoms with Gasteiger partial charge in [-0.1, -0.05) is 48.3 Å². The smallest absolute Gasteiger partial charge is 0.229 e. The molecule has 1 aromatic heterocycles. The van der Waals surface area contributed by atoms with Gasteiger partial charge in [-0.15, -0.1) is 0 Å². The minimum Gasteiger partial charge on any atom is -0.393 e. The maximum absolute atomic E-state index is 9.44. The summed E-state index contributed by atoms with van der Waals surface area (Å²) in [5.41, 5.74) is 1.22. The molecule has 4 heteroatoms. The lowest BCUT2D eigenvalue weighted by Crippen LogP contribution is -2.28. The maximum Gasteiger partial charge on any atom is 0.229 e. The standard InChI is InChI=1S/C17H20N2O2/c20-14-10-12(11-14)15-18-16(19-21-15)17(8-4-5-9-17)13-6-2-1-3-7-13/h1-3,6-7,12,14,20H,4-5,8-11H2. The van der Waals surface area contributed by atoms with Gasteiger partial charge >= 0.3 is 0 Å². The summed E-state index contributed by atoms with van der Waals surface area (Å²) in [7, 11) is 0. The predicted octanol–water partition coefficient (Wildman–Crippen LogP) is 3.17. The Morgan fingerprint density at radius 2 is 1.81 bits per heavy atom. The van der Waals surface area contributed by atoms with Gasteiger partial charge in [0.15, 0.2) is 5.82 Å². The third-order valence-corrected chi connectivity index (χ3v) is 5.12. The first kappa shape index (κ1) is 13.0. The van der Waals surface area contributed by atoms with E-state index in [2.05, 4.69) is 29.4 Å². The Bertz CT molecular complexity index is 611. The van der Waals surface area contributed by atoms with Gasteiger partial charge in [0.05, 0.1) is 11.5 Å². The minimum absolute atomic E-state index is 0.0780. The summed E-state index contributed by atoms with van der Waals surface area (Å²) in [6.45, 7) is 0. The van der Waals surface area contributed by atoms with Gasteiger partial charge in [-0.05, 0) is 31.2 Å². The Balaban J connectivity index is 1.69. The van der Waals surface area contributed by atoms with Gasteiger partial charge in [0.1, 0.15) is 0 Å². The van der Waals surface area contributed by atoms with Crippen molar-refractivity contribution in [3.63, 3.8) is 0 Å². The van der Waals surface area contributed by atoms with E-state index in [-0.39, 0.29) is 17.4 Å². The molecule has 2 aliphatic rings. The molecular formula is C17H20N2O2. The molecule has 0 radical (unpaired) electrons. The van der Waals surface area contributed by atoms with Crippen LogP contribution in [0.2, 0.25) is 0 Å². The molecule has 0 unspecified atom stereocenters. The van der Waals surface area contributed by atoms with Crippen LogP contribution < -0.4 is 0 Å². The first-order valence-electron chi connectivity index (χ1n) is 7.86. The maximum atomic E-state index is 9.44. The van der Waals surface area contributed by atoms with Crippen LogP contribution in [0, 0.1) is 0 Å². The summed E-state index contributed by atoms with van der Waals surface area (Å²) < 4.78 is 5.50. The molecule has 4 nitrogen and oxygen atoms in total. The average Bonchev–Trinajstić information content (AvgIpc) is 3.15. The van der Waals surface area contributed by atoms with Crippen molar-refractivity contribution in [1.29, 1.82) is 0 Å². The zero-order chi connectivity index (χ0) is 14.3. The van der Waals surface area contributed by atoms with Crippen molar-refractivity contribution in [3.8, 4) is 0 Å². The lowest BCUT2D eigenvalue weighted by Gasteiger charge is -2.28. The summed E-state index contributed by atoms with van der Waals surface area (Å²) in [6.07, 6.45) is 5.90. The van der Waals surface area contributed by atoms with Gasteiger partial charge < -0.3 is 9.63 Å². The van der Waals surface area contributed by atoms with Crippen LogP contribution in [0.15, 0.2) is 34.9 Å². The van der Waals surface area contributed by atoms with Crippen molar-refractivity contribution >= 4 is 0 Å². The van der Waals surface area contributed by atoms with Gasteiger partial charge in [-0.3, -0.25) is 0 Å². The van der Waals surface area contributed by atoms with E-state index in [9.17, 15) is 5.11 Å². The summed E-state index contributed by atoms with van der Waals surface area (Å²) in [5, 5.41) is 13.7. The van der Waals surface area contributed by atoms with Crippen LogP contribution in [0.3, 0.4) is 0 Å². The van der Waals surface area contributed by atoms with Crippen molar-refractivity contribution in [2.45, 2.75) is 56.0 Å². The molecule has 0 amide bonds. The van der Waals surface area contributed by atoms with E-state index in [4.69, 9.17) is 9.51 Å². The number of nitrogens with zero attached hydrogens (tertiary/aromatic N) is 2. The Morgan fingerprint density at radius 3 is 2.48 bits per heavy atom. The molecular weight excluding hydrogens is 264 g/mol. The fourth-order valence-electron chi connectivity index (χ4n) is 3.76. The zero-order valence-corrected chi connectivity index (χ0v) is 12.0. The van der Waals surface area contributed by atoms with E-state index in [1.807, 2.05) is 6.07 Å². The molecule has 2 fully saturated rings. The van der Waals surface area contributed by atoms with E-state index < -0.39 is 0 Å². The molecule has 0 saturated heterocycles. The number of benzene rings is 1. The second-order valence-corrected chi connectivity index (χ2v) is 6.43. The quantitative estimate of drug-likeness (QED) is 0.940. The number of rotatable bonds is 3. The number of aromatic nitrogens is 2. The number of aliphatic hydroxyl groups excluding tert-OH is 1. The molecule has 2 saturated carbocycles. The number of aliphatic hydroxyl groups is 1. The lowest BCUT2D eigenvalue weighted by molar-refractivity contribution is 0.0625. The lowest BCUT2D eigenvalue weighted by atomic mass is 9.78.